The molecule has 14 heavy (non-hydrogen) atoms. The van der Waals surface area contributed by atoms with Crippen LogP contribution in [0.2, 0.25) is 0 Å². The van der Waals surface area contributed by atoms with Crippen molar-refractivity contribution in [3.8, 4) is 0 Å². The average Bonchev–Trinajstić information content (AvgIpc) is 2.19. The molecular weight excluding hydrogens is 176 g/mol. The van der Waals surface area contributed by atoms with Crippen LogP contribution in [0.1, 0.15) is 31.9 Å². The van der Waals surface area contributed by atoms with Crippen molar-refractivity contribution in [3.63, 3.8) is 0 Å². The van der Waals surface area contributed by atoms with E-state index in [2.05, 4.69) is 23.0 Å². The molecule has 0 amide bonds. The summed E-state index contributed by atoms with van der Waals surface area (Å²) in [5.74, 6) is 0.765. The Hall–Kier alpha value is -1.38. The Labute approximate surface area is 82.9 Å². The molecule has 1 aromatic heterocycles. The number of H-pyrrole nitrogens is 1. The first-order valence-corrected chi connectivity index (χ1v) is 5.00. The quantitative estimate of drug-likeness (QED) is 0.736. The van der Waals surface area contributed by atoms with Crippen molar-refractivity contribution in [2.45, 2.75) is 26.2 Å². The van der Waals surface area contributed by atoms with Crippen molar-refractivity contribution in [1.82, 2.24) is 9.97 Å². The van der Waals surface area contributed by atoms with Crippen LogP contribution in [0.3, 0.4) is 0 Å². The fraction of sp³-hybridized carbons (Fsp3) is 0.455. The molecule has 3 nitrogen and oxygen atoms in total. The highest BCUT2D eigenvalue weighted by Gasteiger charge is 2.12. The van der Waals surface area contributed by atoms with E-state index in [-0.39, 0.29) is 5.56 Å². The third-order valence-electron chi connectivity index (χ3n) is 2.68. The molecule has 3 heteroatoms. The summed E-state index contributed by atoms with van der Waals surface area (Å²) in [5.41, 5.74) is 1.98. The van der Waals surface area contributed by atoms with Crippen molar-refractivity contribution in [1.29, 1.82) is 0 Å². The fourth-order valence-corrected chi connectivity index (χ4v) is 1.74. The van der Waals surface area contributed by atoms with Gasteiger partial charge in [0, 0.05) is 6.07 Å². The van der Waals surface area contributed by atoms with Crippen molar-refractivity contribution < 1.29 is 0 Å². The van der Waals surface area contributed by atoms with E-state index in [1.165, 1.54) is 18.3 Å². The summed E-state index contributed by atoms with van der Waals surface area (Å²) in [4.78, 5) is 17.8. The summed E-state index contributed by atoms with van der Waals surface area (Å²) >= 11 is 0. The van der Waals surface area contributed by atoms with Crippen LogP contribution >= 0.6 is 0 Å². The van der Waals surface area contributed by atoms with E-state index in [1.807, 2.05) is 0 Å². The normalized spacial score (nSPS) is 21.8. The molecule has 1 atom stereocenters. The van der Waals surface area contributed by atoms with Crippen molar-refractivity contribution >= 4 is 5.57 Å². The van der Waals surface area contributed by atoms with E-state index < -0.39 is 0 Å². The molecule has 74 valence electrons. The van der Waals surface area contributed by atoms with Crippen LogP contribution in [0.15, 0.2) is 23.3 Å². The first kappa shape index (κ1) is 9.19. The summed E-state index contributed by atoms with van der Waals surface area (Å²) in [5, 5.41) is 0. The van der Waals surface area contributed by atoms with Gasteiger partial charge in [0.15, 0.2) is 0 Å². The molecule has 1 aromatic rings. The van der Waals surface area contributed by atoms with Gasteiger partial charge in [-0.15, -0.1) is 0 Å². The molecule has 1 N–H and O–H groups in total. The zero-order chi connectivity index (χ0) is 9.97. The van der Waals surface area contributed by atoms with Crippen LogP contribution in [0.4, 0.5) is 0 Å². The highest BCUT2D eigenvalue weighted by Crippen LogP contribution is 2.27. The van der Waals surface area contributed by atoms with Crippen molar-refractivity contribution in [2.75, 3.05) is 0 Å². The van der Waals surface area contributed by atoms with Gasteiger partial charge in [0.1, 0.15) is 0 Å². The molecule has 1 aliphatic rings. The Kier molecular flexibility index (Phi) is 2.48. The van der Waals surface area contributed by atoms with Crippen LogP contribution in [0.5, 0.6) is 0 Å². The monoisotopic (exact) mass is 190 g/mol. The number of hydrogen-bond donors (Lipinski definition) is 1. The molecule has 0 spiro atoms. The highest BCUT2D eigenvalue weighted by molar-refractivity contribution is 5.62. The lowest BCUT2D eigenvalue weighted by Crippen LogP contribution is -2.08. The standard InChI is InChI=1S/C11H14N2O/c1-8-2-4-9(5-3-8)10-6-11(14)13-7-12-10/h4,6-8H,2-3,5H2,1H3,(H,12,13,14). The van der Waals surface area contributed by atoms with E-state index in [0.717, 1.165) is 24.5 Å². The predicted molar refractivity (Wildman–Crippen MR) is 55.8 cm³/mol. The Morgan fingerprint density at radius 3 is 3.07 bits per heavy atom. The van der Waals surface area contributed by atoms with E-state index in [1.54, 1.807) is 6.07 Å². The number of nitrogens with zero attached hydrogens (tertiary/aromatic N) is 1. The van der Waals surface area contributed by atoms with E-state index >= 15 is 0 Å². The van der Waals surface area contributed by atoms with Crippen LogP contribution in [-0.4, -0.2) is 9.97 Å². The number of hydrogen-bond acceptors (Lipinski definition) is 2. The molecule has 0 saturated heterocycles. The maximum absolute atomic E-state index is 11.1. The lowest BCUT2D eigenvalue weighted by Gasteiger charge is -2.17. The number of nitrogens with one attached hydrogen (secondary N) is 1. The predicted octanol–water partition coefficient (Wildman–Crippen LogP) is 1.97. The van der Waals surface area contributed by atoms with Gasteiger partial charge in [-0.25, -0.2) is 4.98 Å². The molecule has 0 fully saturated rings. The highest BCUT2D eigenvalue weighted by atomic mass is 16.1. The molecule has 2 rings (SSSR count). The van der Waals surface area contributed by atoms with Crippen LogP contribution < -0.4 is 5.56 Å². The Balaban J connectivity index is 2.28. The summed E-state index contributed by atoms with van der Waals surface area (Å²) in [7, 11) is 0. The zero-order valence-electron chi connectivity index (χ0n) is 8.29. The summed E-state index contributed by atoms with van der Waals surface area (Å²) in [6, 6.07) is 1.57. The minimum absolute atomic E-state index is 0.0745. The first-order valence-electron chi connectivity index (χ1n) is 5.00. The molecule has 0 bridgehead atoms. The number of aromatic nitrogens is 2. The maximum atomic E-state index is 11.1. The minimum atomic E-state index is -0.0745. The first-order chi connectivity index (χ1) is 6.75. The summed E-state index contributed by atoms with van der Waals surface area (Å²) in [6.45, 7) is 2.25. The Morgan fingerprint density at radius 1 is 1.57 bits per heavy atom. The molecule has 0 aromatic carbocycles. The maximum Gasteiger partial charge on any atom is 0.251 e. The lowest BCUT2D eigenvalue weighted by atomic mass is 9.90. The molecule has 1 aliphatic carbocycles. The topological polar surface area (TPSA) is 45.8 Å². The fourth-order valence-electron chi connectivity index (χ4n) is 1.74. The lowest BCUT2D eigenvalue weighted by molar-refractivity contribution is 0.533. The second-order valence-electron chi connectivity index (χ2n) is 3.91. The Bertz CT molecular complexity index is 406. The van der Waals surface area contributed by atoms with Gasteiger partial charge < -0.3 is 4.98 Å². The van der Waals surface area contributed by atoms with Gasteiger partial charge in [0.25, 0.3) is 5.56 Å². The van der Waals surface area contributed by atoms with Gasteiger partial charge >= 0.3 is 0 Å². The van der Waals surface area contributed by atoms with Crippen LogP contribution in [0.25, 0.3) is 5.57 Å². The minimum Gasteiger partial charge on any atom is -0.313 e. The second-order valence-corrected chi connectivity index (χ2v) is 3.91. The molecule has 0 aliphatic heterocycles. The largest absolute Gasteiger partial charge is 0.313 e. The summed E-state index contributed by atoms with van der Waals surface area (Å²) in [6.07, 6.45) is 7.01. The SMILES string of the molecule is CC1CC=C(c2cc(=O)[nH]cn2)CC1. The van der Waals surface area contributed by atoms with Gasteiger partial charge in [-0.1, -0.05) is 13.0 Å². The van der Waals surface area contributed by atoms with Gasteiger partial charge in [-0.3, -0.25) is 4.79 Å². The molecule has 0 radical (unpaired) electrons. The number of allylic oxidation sites excluding steroid dienone is 2. The second kappa shape index (κ2) is 3.78. The third-order valence-corrected chi connectivity index (χ3v) is 2.68. The Morgan fingerprint density at radius 2 is 2.43 bits per heavy atom. The van der Waals surface area contributed by atoms with Gasteiger partial charge in [0.05, 0.1) is 12.0 Å². The van der Waals surface area contributed by atoms with E-state index in [9.17, 15) is 4.79 Å². The summed E-state index contributed by atoms with van der Waals surface area (Å²) < 4.78 is 0. The molecule has 1 unspecified atom stereocenters. The average molecular weight is 190 g/mol. The van der Waals surface area contributed by atoms with Crippen LogP contribution in [-0.2, 0) is 0 Å². The van der Waals surface area contributed by atoms with Gasteiger partial charge in [-0.2, -0.15) is 0 Å². The van der Waals surface area contributed by atoms with E-state index in [0.29, 0.717) is 0 Å². The number of aromatic amines is 1. The van der Waals surface area contributed by atoms with Gasteiger partial charge in [-0.05, 0) is 30.8 Å². The van der Waals surface area contributed by atoms with E-state index in [4.69, 9.17) is 0 Å². The van der Waals surface area contributed by atoms with Crippen molar-refractivity contribution in [3.05, 3.63) is 34.5 Å². The number of rotatable bonds is 1. The molecule has 1 heterocycles. The van der Waals surface area contributed by atoms with Crippen LogP contribution in [0, 0.1) is 5.92 Å². The molecular formula is C11H14N2O. The third kappa shape index (κ3) is 1.92. The molecule has 0 saturated carbocycles. The van der Waals surface area contributed by atoms with Crippen molar-refractivity contribution in [2.24, 2.45) is 5.92 Å². The van der Waals surface area contributed by atoms with Gasteiger partial charge in [0.2, 0.25) is 0 Å². The zero-order valence-corrected chi connectivity index (χ0v) is 8.29. The smallest absolute Gasteiger partial charge is 0.251 e.